The van der Waals surface area contributed by atoms with Crippen molar-refractivity contribution in [3.05, 3.63) is 93.8 Å². The number of pyridine rings is 1. The van der Waals surface area contributed by atoms with Gasteiger partial charge in [-0.3, -0.25) is 4.79 Å². The normalized spacial score (nSPS) is 15.1. The van der Waals surface area contributed by atoms with Crippen LogP contribution < -0.4 is 15.2 Å². The Kier molecular flexibility index (Phi) is 8.76. The molecule has 0 bridgehead atoms. The molecule has 1 fully saturated rings. The van der Waals surface area contributed by atoms with Gasteiger partial charge in [0.05, 0.1) is 34.6 Å². The first-order valence-electron chi connectivity index (χ1n) is 14.5. The number of alkyl halides is 2. The summed E-state index contributed by atoms with van der Waals surface area (Å²) in [6.07, 6.45) is 4.84. The molecule has 2 aromatic carbocycles. The van der Waals surface area contributed by atoms with Crippen molar-refractivity contribution in [1.29, 1.82) is 0 Å². The number of Topliss-reactive ketones (excluding diaryl/α,β-unsaturated/α-hetero) is 1. The number of para-hydroxylation sites is 1. The molecule has 2 aliphatic rings. The fourth-order valence-corrected chi connectivity index (χ4v) is 7.45. The molecule has 10 nitrogen and oxygen atoms in total. The summed E-state index contributed by atoms with van der Waals surface area (Å²) in [7, 11) is -3.70. The molecule has 246 valence electrons. The first kappa shape index (κ1) is 32.2. The minimum Gasteiger partial charge on any atom is -0.434 e. The quantitative estimate of drug-likeness (QED) is 0.165. The highest BCUT2D eigenvalue weighted by Gasteiger charge is 2.31. The Bertz CT molecular complexity index is 1990. The van der Waals surface area contributed by atoms with Gasteiger partial charge in [-0.2, -0.15) is 13.9 Å². The summed E-state index contributed by atoms with van der Waals surface area (Å²) in [5.74, 6) is -3.75. The molecule has 15 heteroatoms. The van der Waals surface area contributed by atoms with Crippen molar-refractivity contribution in [3.8, 4) is 23.1 Å². The van der Waals surface area contributed by atoms with Crippen molar-refractivity contribution >= 4 is 27.5 Å². The average molecular weight is 673 g/mol. The average Bonchev–Trinajstić information content (AvgIpc) is 3.62. The van der Waals surface area contributed by atoms with Gasteiger partial charge in [0.2, 0.25) is 11.6 Å². The number of sulfone groups is 1. The van der Waals surface area contributed by atoms with Crippen molar-refractivity contribution in [1.82, 2.24) is 14.8 Å². The van der Waals surface area contributed by atoms with E-state index >= 15 is 0 Å². The second-order valence-electron chi connectivity index (χ2n) is 11.1. The molecule has 0 radical (unpaired) electrons. The number of carbonyl (C=O) groups is 1. The number of ether oxygens (including phenoxy) is 3. The highest BCUT2D eigenvalue weighted by Crippen LogP contribution is 2.36. The molecule has 0 spiro atoms. The van der Waals surface area contributed by atoms with Gasteiger partial charge < -0.3 is 19.9 Å². The molecule has 0 amide bonds. The maximum Gasteiger partial charge on any atom is 0.387 e. The number of carbonyl (C=O) groups excluding carboxylic acids is 1. The number of nitrogens with zero attached hydrogens (tertiary/aromatic N) is 3. The third-order valence-electron chi connectivity index (χ3n) is 8.04. The second-order valence-corrected chi connectivity index (χ2v) is 13.4. The van der Waals surface area contributed by atoms with Crippen LogP contribution in [-0.2, 0) is 26.7 Å². The van der Waals surface area contributed by atoms with Crippen LogP contribution in [0.3, 0.4) is 0 Å². The van der Waals surface area contributed by atoms with Gasteiger partial charge >= 0.3 is 6.61 Å². The Hall–Kier alpha value is -4.76. The van der Waals surface area contributed by atoms with Crippen LogP contribution in [-0.4, -0.2) is 54.0 Å². The zero-order chi connectivity index (χ0) is 33.5. The summed E-state index contributed by atoms with van der Waals surface area (Å²) in [5, 5.41) is 3.58. The van der Waals surface area contributed by atoms with Crippen molar-refractivity contribution < 1.29 is 45.0 Å². The van der Waals surface area contributed by atoms with Gasteiger partial charge in [-0.25, -0.2) is 26.9 Å². The van der Waals surface area contributed by atoms with Gasteiger partial charge in [-0.1, -0.05) is 12.1 Å². The first-order valence-corrected chi connectivity index (χ1v) is 16.2. The molecule has 0 saturated carbocycles. The Morgan fingerprint density at radius 1 is 1.13 bits per heavy atom. The third kappa shape index (κ3) is 6.58. The molecule has 1 saturated heterocycles. The van der Waals surface area contributed by atoms with E-state index in [1.807, 2.05) is 0 Å². The number of hydrogen-bond donors (Lipinski definition) is 1. The van der Waals surface area contributed by atoms with Gasteiger partial charge in [0.1, 0.15) is 11.6 Å². The molecule has 3 heterocycles. The van der Waals surface area contributed by atoms with Crippen LogP contribution >= 0.6 is 0 Å². The number of aryl methyl sites for hydroxylation is 1. The number of ketones is 1. The predicted molar refractivity (Wildman–Crippen MR) is 162 cm³/mol. The second kappa shape index (κ2) is 12.8. The standard InChI is InChI=1S/C32H28F4N4O6S/c1-17-9-28(46-30-24(33)3-2-4-25(30)34)38-15-26(17)40-31(37)23(14-39-40)29(41)20-10-18-12-21(27(45-32(35)36)13-19(18)11-20)16-47(42,43)22-5-7-44-8-6-22/h2-4,9,11-15,22,32H,5-8,10,16,37H2,1H3. The Morgan fingerprint density at radius 2 is 1.85 bits per heavy atom. The summed E-state index contributed by atoms with van der Waals surface area (Å²) < 4.78 is 97.5. The monoisotopic (exact) mass is 672 g/mol. The topological polar surface area (TPSA) is 136 Å². The lowest BCUT2D eigenvalue weighted by Crippen LogP contribution is -2.30. The predicted octanol–water partition coefficient (Wildman–Crippen LogP) is 5.75. The first-order chi connectivity index (χ1) is 22.4. The zero-order valence-corrected chi connectivity index (χ0v) is 25.7. The molecule has 0 atom stereocenters. The van der Waals surface area contributed by atoms with Crippen LogP contribution in [0.2, 0.25) is 0 Å². The minimum absolute atomic E-state index is 0.0180. The molecule has 2 aromatic heterocycles. The minimum atomic E-state index is -3.70. The van der Waals surface area contributed by atoms with Gasteiger partial charge in [0.25, 0.3) is 0 Å². The number of anilines is 1. The number of benzene rings is 2. The number of rotatable bonds is 10. The highest BCUT2D eigenvalue weighted by molar-refractivity contribution is 7.91. The Morgan fingerprint density at radius 3 is 2.53 bits per heavy atom. The Balaban J connectivity index is 1.23. The fraction of sp³-hybridized carbons (Fsp3) is 0.281. The van der Waals surface area contributed by atoms with E-state index in [2.05, 4.69) is 10.1 Å². The SMILES string of the molecule is Cc1cc(Oc2c(F)cccc2F)ncc1-n1ncc(C(=O)C2=Cc3cc(OC(F)F)c(CS(=O)(=O)C4CCOCC4)cc3C2)c1N. The molecule has 1 aliphatic heterocycles. The van der Waals surface area contributed by atoms with E-state index in [0.29, 0.717) is 48.4 Å². The molecule has 2 N–H and O–H groups in total. The number of fused-ring (bicyclic) bond motifs is 1. The van der Waals surface area contributed by atoms with Crippen molar-refractivity contribution in [2.45, 2.75) is 43.8 Å². The van der Waals surface area contributed by atoms with Crippen LogP contribution in [0, 0.1) is 18.6 Å². The number of hydrogen-bond acceptors (Lipinski definition) is 9. The van der Waals surface area contributed by atoms with Gasteiger partial charge in [-0.15, -0.1) is 0 Å². The molecule has 6 rings (SSSR count). The van der Waals surface area contributed by atoms with Crippen molar-refractivity contribution in [3.63, 3.8) is 0 Å². The molecule has 47 heavy (non-hydrogen) atoms. The third-order valence-corrected chi connectivity index (χ3v) is 10.2. The van der Waals surface area contributed by atoms with E-state index < -0.39 is 50.6 Å². The lowest BCUT2D eigenvalue weighted by molar-refractivity contribution is -0.0503. The summed E-state index contributed by atoms with van der Waals surface area (Å²) >= 11 is 0. The van der Waals surface area contributed by atoms with Crippen LogP contribution in [0.5, 0.6) is 17.4 Å². The maximum atomic E-state index is 14.0. The molecule has 1 aliphatic carbocycles. The zero-order valence-electron chi connectivity index (χ0n) is 24.9. The lowest BCUT2D eigenvalue weighted by Gasteiger charge is -2.23. The van der Waals surface area contributed by atoms with Gasteiger partial charge in [0.15, 0.2) is 27.3 Å². The summed E-state index contributed by atoms with van der Waals surface area (Å²) in [4.78, 5) is 17.7. The van der Waals surface area contributed by atoms with Crippen LogP contribution in [0.25, 0.3) is 11.8 Å². The van der Waals surface area contributed by atoms with E-state index in [1.54, 1.807) is 6.92 Å². The van der Waals surface area contributed by atoms with Gasteiger partial charge in [-0.05, 0) is 60.7 Å². The summed E-state index contributed by atoms with van der Waals surface area (Å²) in [5.41, 5.74) is 8.65. The highest BCUT2D eigenvalue weighted by atomic mass is 32.2. The number of nitrogens with two attached hydrogens (primary N) is 1. The Labute approximate surface area is 266 Å². The van der Waals surface area contributed by atoms with E-state index in [1.165, 1.54) is 47.4 Å². The molecular formula is C32H28F4N4O6S. The number of halogens is 4. The van der Waals surface area contributed by atoms with Gasteiger partial charge in [0, 0.05) is 36.8 Å². The van der Waals surface area contributed by atoms with Crippen LogP contribution in [0.1, 0.15) is 45.5 Å². The van der Waals surface area contributed by atoms with E-state index in [0.717, 1.165) is 12.1 Å². The molecule has 0 unspecified atom stereocenters. The largest absolute Gasteiger partial charge is 0.434 e. The van der Waals surface area contributed by atoms with Crippen molar-refractivity contribution in [2.24, 2.45) is 0 Å². The van der Waals surface area contributed by atoms with Crippen LogP contribution in [0.4, 0.5) is 23.4 Å². The summed E-state index contributed by atoms with van der Waals surface area (Å²) in [6.45, 7) is -0.917. The number of nitrogen functional groups attached to an aromatic ring is 1. The molecule has 4 aromatic rings. The summed E-state index contributed by atoms with van der Waals surface area (Å²) in [6, 6.07) is 7.54. The lowest BCUT2D eigenvalue weighted by atomic mass is 10.0. The number of aromatic nitrogens is 3. The maximum absolute atomic E-state index is 14.0. The molecular weight excluding hydrogens is 644 g/mol. The fourth-order valence-electron chi connectivity index (χ4n) is 5.64. The van der Waals surface area contributed by atoms with Crippen LogP contribution in [0.15, 0.2) is 54.4 Å². The number of allylic oxidation sites excluding steroid dienone is 1. The van der Waals surface area contributed by atoms with E-state index in [9.17, 15) is 30.8 Å². The van der Waals surface area contributed by atoms with Crippen molar-refractivity contribution in [2.75, 3.05) is 18.9 Å². The smallest absolute Gasteiger partial charge is 0.387 e. The van der Waals surface area contributed by atoms with E-state index in [-0.39, 0.29) is 40.6 Å². The van der Waals surface area contributed by atoms with E-state index in [4.69, 9.17) is 19.9 Å².